The lowest BCUT2D eigenvalue weighted by atomic mass is 10.1. The van der Waals surface area contributed by atoms with Crippen LogP contribution >= 0.6 is 0 Å². The zero-order valence-electron chi connectivity index (χ0n) is 10.9. The SMILES string of the molecule is CCCc1cc2cc(OC)c(F)cc2nc1NC. The number of halogens is 1. The van der Waals surface area contributed by atoms with Crippen LogP contribution in [0.25, 0.3) is 10.9 Å². The van der Waals surface area contributed by atoms with Gasteiger partial charge in [-0.2, -0.15) is 0 Å². The van der Waals surface area contributed by atoms with Gasteiger partial charge in [-0.25, -0.2) is 9.37 Å². The lowest BCUT2D eigenvalue weighted by molar-refractivity contribution is 0.387. The fourth-order valence-corrected chi connectivity index (χ4v) is 2.05. The molecule has 0 fully saturated rings. The Bertz CT molecular complexity index is 569. The predicted octanol–water partition coefficient (Wildman–Crippen LogP) is 3.38. The van der Waals surface area contributed by atoms with Gasteiger partial charge in [0.25, 0.3) is 0 Å². The fourth-order valence-electron chi connectivity index (χ4n) is 2.05. The largest absolute Gasteiger partial charge is 0.494 e. The smallest absolute Gasteiger partial charge is 0.167 e. The number of nitrogens with one attached hydrogen (secondary N) is 1. The number of benzene rings is 1. The van der Waals surface area contributed by atoms with Gasteiger partial charge in [0.15, 0.2) is 11.6 Å². The first-order valence-corrected chi connectivity index (χ1v) is 6.04. The molecule has 0 bridgehead atoms. The standard InChI is InChI=1S/C14H17FN2O/c1-4-5-9-6-10-7-13(18-3)11(15)8-12(10)17-14(9)16-2/h6-8H,4-5H2,1-3H3,(H,16,17). The second-order valence-corrected chi connectivity index (χ2v) is 4.18. The van der Waals surface area contributed by atoms with E-state index in [-0.39, 0.29) is 11.6 Å². The Kier molecular flexibility index (Phi) is 3.65. The minimum Gasteiger partial charge on any atom is -0.494 e. The van der Waals surface area contributed by atoms with Crippen molar-refractivity contribution in [2.45, 2.75) is 19.8 Å². The second-order valence-electron chi connectivity index (χ2n) is 4.18. The van der Waals surface area contributed by atoms with E-state index in [0.29, 0.717) is 5.52 Å². The molecule has 1 aromatic carbocycles. The second kappa shape index (κ2) is 5.21. The van der Waals surface area contributed by atoms with E-state index < -0.39 is 0 Å². The maximum atomic E-state index is 13.6. The summed E-state index contributed by atoms with van der Waals surface area (Å²) >= 11 is 0. The topological polar surface area (TPSA) is 34.1 Å². The minimum atomic E-state index is -0.386. The predicted molar refractivity (Wildman–Crippen MR) is 71.8 cm³/mol. The van der Waals surface area contributed by atoms with Gasteiger partial charge in [0.05, 0.1) is 12.6 Å². The van der Waals surface area contributed by atoms with Crippen molar-refractivity contribution in [3.05, 3.63) is 29.6 Å². The number of ether oxygens (including phenoxy) is 1. The Balaban J connectivity index is 2.63. The maximum Gasteiger partial charge on any atom is 0.167 e. The Morgan fingerprint density at radius 1 is 1.33 bits per heavy atom. The molecule has 4 heteroatoms. The van der Waals surface area contributed by atoms with Crippen LogP contribution in [0.15, 0.2) is 18.2 Å². The third kappa shape index (κ3) is 2.23. The molecule has 3 nitrogen and oxygen atoms in total. The van der Waals surface area contributed by atoms with E-state index in [1.807, 2.05) is 13.1 Å². The summed E-state index contributed by atoms with van der Waals surface area (Å²) in [4.78, 5) is 4.44. The summed E-state index contributed by atoms with van der Waals surface area (Å²) in [5.41, 5.74) is 1.78. The number of fused-ring (bicyclic) bond motifs is 1. The van der Waals surface area contributed by atoms with E-state index in [1.54, 1.807) is 6.07 Å². The number of anilines is 1. The number of methoxy groups -OCH3 is 1. The minimum absolute atomic E-state index is 0.254. The van der Waals surface area contributed by atoms with Gasteiger partial charge in [0.1, 0.15) is 5.82 Å². The number of aromatic nitrogens is 1. The van der Waals surface area contributed by atoms with Crippen molar-refractivity contribution in [1.29, 1.82) is 0 Å². The average Bonchev–Trinajstić information content (AvgIpc) is 2.38. The van der Waals surface area contributed by atoms with Crippen molar-refractivity contribution >= 4 is 16.7 Å². The van der Waals surface area contributed by atoms with Gasteiger partial charge in [-0.1, -0.05) is 13.3 Å². The highest BCUT2D eigenvalue weighted by Gasteiger charge is 2.09. The van der Waals surface area contributed by atoms with Crippen LogP contribution in [0.5, 0.6) is 5.75 Å². The van der Waals surface area contributed by atoms with Crippen LogP contribution < -0.4 is 10.1 Å². The molecule has 0 aliphatic heterocycles. The van der Waals surface area contributed by atoms with Gasteiger partial charge in [0, 0.05) is 18.5 Å². The van der Waals surface area contributed by atoms with Gasteiger partial charge in [-0.15, -0.1) is 0 Å². The third-order valence-corrected chi connectivity index (χ3v) is 2.92. The first-order chi connectivity index (χ1) is 8.69. The molecule has 0 atom stereocenters. The van der Waals surface area contributed by atoms with Gasteiger partial charge in [-0.05, 0) is 24.1 Å². The van der Waals surface area contributed by atoms with E-state index in [2.05, 4.69) is 17.2 Å². The first-order valence-electron chi connectivity index (χ1n) is 6.04. The number of nitrogens with zero attached hydrogens (tertiary/aromatic N) is 1. The molecule has 18 heavy (non-hydrogen) atoms. The molecule has 1 aromatic heterocycles. The van der Waals surface area contributed by atoms with Crippen molar-refractivity contribution in [3.63, 3.8) is 0 Å². The first kappa shape index (κ1) is 12.6. The van der Waals surface area contributed by atoms with Crippen LogP contribution in [-0.4, -0.2) is 19.1 Å². The Labute approximate surface area is 106 Å². The average molecular weight is 248 g/mol. The number of hydrogen-bond acceptors (Lipinski definition) is 3. The molecule has 0 saturated heterocycles. The van der Waals surface area contributed by atoms with Crippen molar-refractivity contribution in [2.75, 3.05) is 19.5 Å². The molecule has 1 heterocycles. The summed E-state index contributed by atoms with van der Waals surface area (Å²) in [6, 6.07) is 5.14. The number of rotatable bonds is 4. The van der Waals surface area contributed by atoms with Crippen molar-refractivity contribution < 1.29 is 9.13 Å². The van der Waals surface area contributed by atoms with E-state index in [0.717, 1.165) is 29.6 Å². The summed E-state index contributed by atoms with van der Waals surface area (Å²) in [7, 11) is 3.29. The van der Waals surface area contributed by atoms with Crippen molar-refractivity contribution in [3.8, 4) is 5.75 Å². The molecule has 2 rings (SSSR count). The molecular formula is C14H17FN2O. The maximum absolute atomic E-state index is 13.6. The normalized spacial score (nSPS) is 10.7. The number of pyridine rings is 1. The monoisotopic (exact) mass is 248 g/mol. The molecule has 0 radical (unpaired) electrons. The van der Waals surface area contributed by atoms with Gasteiger partial charge in [-0.3, -0.25) is 0 Å². The molecule has 0 amide bonds. The summed E-state index contributed by atoms with van der Waals surface area (Å²) < 4.78 is 18.6. The molecule has 0 spiro atoms. The van der Waals surface area contributed by atoms with Crippen LogP contribution in [-0.2, 0) is 6.42 Å². The quantitative estimate of drug-likeness (QED) is 0.900. The fraction of sp³-hybridized carbons (Fsp3) is 0.357. The van der Waals surface area contributed by atoms with E-state index in [1.165, 1.54) is 13.2 Å². The lowest BCUT2D eigenvalue weighted by Gasteiger charge is -2.10. The number of hydrogen-bond donors (Lipinski definition) is 1. The number of aryl methyl sites for hydroxylation is 1. The van der Waals surface area contributed by atoms with Crippen LogP contribution in [0.2, 0.25) is 0 Å². The van der Waals surface area contributed by atoms with E-state index >= 15 is 0 Å². The van der Waals surface area contributed by atoms with E-state index in [9.17, 15) is 4.39 Å². The van der Waals surface area contributed by atoms with Crippen LogP contribution in [0, 0.1) is 5.82 Å². The Hall–Kier alpha value is -1.84. The highest BCUT2D eigenvalue weighted by Crippen LogP contribution is 2.27. The summed E-state index contributed by atoms with van der Waals surface area (Å²) in [5, 5.41) is 3.95. The van der Waals surface area contributed by atoms with Crippen molar-refractivity contribution in [2.24, 2.45) is 0 Å². The zero-order chi connectivity index (χ0) is 13.1. The Morgan fingerprint density at radius 3 is 2.72 bits per heavy atom. The summed E-state index contributed by atoms with van der Waals surface area (Å²) in [6.07, 6.45) is 1.99. The molecule has 0 aliphatic carbocycles. The van der Waals surface area contributed by atoms with Crippen LogP contribution in [0.3, 0.4) is 0 Å². The molecule has 0 saturated carbocycles. The van der Waals surface area contributed by atoms with Crippen LogP contribution in [0.4, 0.5) is 10.2 Å². The van der Waals surface area contributed by atoms with Crippen molar-refractivity contribution in [1.82, 2.24) is 4.98 Å². The van der Waals surface area contributed by atoms with E-state index in [4.69, 9.17) is 4.74 Å². The highest BCUT2D eigenvalue weighted by molar-refractivity contribution is 5.83. The summed E-state index contributed by atoms with van der Waals surface area (Å²) in [5.74, 6) is 0.681. The third-order valence-electron chi connectivity index (χ3n) is 2.92. The van der Waals surface area contributed by atoms with Gasteiger partial charge >= 0.3 is 0 Å². The summed E-state index contributed by atoms with van der Waals surface area (Å²) in [6.45, 7) is 2.12. The lowest BCUT2D eigenvalue weighted by Crippen LogP contribution is -2.00. The molecule has 0 aliphatic rings. The van der Waals surface area contributed by atoms with Crippen LogP contribution in [0.1, 0.15) is 18.9 Å². The molecule has 0 unspecified atom stereocenters. The highest BCUT2D eigenvalue weighted by atomic mass is 19.1. The molecule has 1 N–H and O–H groups in total. The molecular weight excluding hydrogens is 231 g/mol. The molecule has 2 aromatic rings. The zero-order valence-corrected chi connectivity index (χ0v) is 10.9. The molecule has 96 valence electrons. The van der Waals surface area contributed by atoms with Gasteiger partial charge < -0.3 is 10.1 Å². The van der Waals surface area contributed by atoms with Gasteiger partial charge in [0.2, 0.25) is 0 Å². The Morgan fingerprint density at radius 2 is 2.11 bits per heavy atom.